The van der Waals surface area contributed by atoms with Gasteiger partial charge in [0.25, 0.3) is 5.91 Å². The zero-order valence-electron chi connectivity index (χ0n) is 15.9. The average Bonchev–Trinajstić information content (AvgIpc) is 2.91. The zero-order chi connectivity index (χ0) is 20.6. The zero-order valence-corrected chi connectivity index (χ0v) is 16.7. The van der Waals surface area contributed by atoms with Crippen LogP contribution in [0.2, 0.25) is 5.02 Å². The third kappa shape index (κ3) is 3.57. The van der Waals surface area contributed by atoms with Crippen molar-refractivity contribution in [1.82, 2.24) is 0 Å². The van der Waals surface area contributed by atoms with Gasteiger partial charge in [0.1, 0.15) is 0 Å². The van der Waals surface area contributed by atoms with Crippen molar-refractivity contribution in [3.63, 3.8) is 0 Å². The molecule has 1 N–H and O–H groups in total. The molecule has 146 valence electrons. The summed E-state index contributed by atoms with van der Waals surface area (Å²) in [7, 11) is 0. The summed E-state index contributed by atoms with van der Waals surface area (Å²) in [4.78, 5) is 27.7. The third-order valence-corrected chi connectivity index (χ3v) is 5.50. The number of ketones is 1. The van der Waals surface area contributed by atoms with Gasteiger partial charge in [-0.3, -0.25) is 9.59 Å². The number of benzene rings is 3. The molecular weight excluding hydrogens is 386 g/mol. The molecule has 0 saturated carbocycles. The topological polar surface area (TPSA) is 57.6 Å². The molecule has 0 aromatic heterocycles. The van der Waals surface area contributed by atoms with Gasteiger partial charge in [0.15, 0.2) is 11.4 Å². The summed E-state index contributed by atoms with van der Waals surface area (Å²) in [6, 6.07) is 21.4. The van der Waals surface area contributed by atoms with Crippen molar-refractivity contribution in [3.05, 3.63) is 100 Å². The summed E-state index contributed by atoms with van der Waals surface area (Å²) in [5.41, 5.74) is 1.66. The minimum Gasteiger partial charge on any atom is -0.375 e. The monoisotopic (exact) mass is 405 g/mol. The van der Waals surface area contributed by atoms with Crippen LogP contribution in [0.3, 0.4) is 0 Å². The number of carbonyl (C=O) groups is 2. The van der Waals surface area contributed by atoms with E-state index in [0.29, 0.717) is 28.4 Å². The quantitative estimate of drug-likeness (QED) is 0.628. The molecule has 4 nitrogen and oxygen atoms in total. The number of para-hydroxylation sites is 1. The number of hydrogen-bond donors (Lipinski definition) is 1. The largest absolute Gasteiger partial charge is 0.375 e. The van der Waals surface area contributed by atoms with E-state index in [-0.39, 0.29) is 12.2 Å². The Hall–Kier alpha value is -2.95. The maximum absolute atomic E-state index is 13.3. The number of aliphatic hydroxyl groups is 1. The summed E-state index contributed by atoms with van der Waals surface area (Å²) >= 11 is 5.89. The van der Waals surface area contributed by atoms with Crippen molar-refractivity contribution in [2.24, 2.45) is 0 Å². The molecule has 0 saturated heterocycles. The van der Waals surface area contributed by atoms with Crippen LogP contribution in [0.15, 0.2) is 72.8 Å². The van der Waals surface area contributed by atoms with E-state index in [4.69, 9.17) is 11.6 Å². The number of carbonyl (C=O) groups excluding carboxylic acids is 2. The number of rotatable bonds is 5. The SMILES string of the molecule is Cc1cccc(CN2C(=O)C(O)(CC(=O)c3ccc(Cl)cc3)c3ccccc32)c1. The van der Waals surface area contributed by atoms with Gasteiger partial charge in [0, 0.05) is 16.1 Å². The van der Waals surface area contributed by atoms with E-state index in [0.717, 1.165) is 11.1 Å². The van der Waals surface area contributed by atoms with Crippen LogP contribution >= 0.6 is 11.6 Å². The van der Waals surface area contributed by atoms with Gasteiger partial charge < -0.3 is 10.0 Å². The molecule has 4 rings (SSSR count). The van der Waals surface area contributed by atoms with Gasteiger partial charge in [-0.25, -0.2) is 0 Å². The second kappa shape index (κ2) is 7.47. The molecule has 0 aliphatic carbocycles. The van der Waals surface area contributed by atoms with Crippen LogP contribution in [0.5, 0.6) is 0 Å². The van der Waals surface area contributed by atoms with Gasteiger partial charge in [-0.1, -0.05) is 59.6 Å². The Morgan fingerprint density at radius 2 is 1.76 bits per heavy atom. The van der Waals surface area contributed by atoms with Gasteiger partial charge in [0.2, 0.25) is 0 Å². The highest BCUT2D eigenvalue weighted by Gasteiger charge is 2.50. The first-order valence-electron chi connectivity index (χ1n) is 9.37. The lowest BCUT2D eigenvalue weighted by Gasteiger charge is -2.23. The second-order valence-corrected chi connectivity index (χ2v) is 7.80. The number of hydrogen-bond acceptors (Lipinski definition) is 3. The lowest BCUT2D eigenvalue weighted by molar-refractivity contribution is -0.136. The predicted octanol–water partition coefficient (Wildman–Crippen LogP) is 4.66. The highest BCUT2D eigenvalue weighted by molar-refractivity contribution is 6.30. The van der Waals surface area contributed by atoms with Gasteiger partial charge in [-0.15, -0.1) is 0 Å². The van der Waals surface area contributed by atoms with E-state index >= 15 is 0 Å². The molecule has 0 bridgehead atoms. The second-order valence-electron chi connectivity index (χ2n) is 7.36. The van der Waals surface area contributed by atoms with Crippen LogP contribution in [-0.2, 0) is 16.9 Å². The lowest BCUT2D eigenvalue weighted by Crippen LogP contribution is -2.41. The average molecular weight is 406 g/mol. The number of halogens is 1. The number of anilines is 1. The summed E-state index contributed by atoms with van der Waals surface area (Å²) < 4.78 is 0. The van der Waals surface area contributed by atoms with Crippen molar-refractivity contribution in [1.29, 1.82) is 0 Å². The molecule has 1 aliphatic rings. The highest BCUT2D eigenvalue weighted by Crippen LogP contribution is 2.43. The smallest absolute Gasteiger partial charge is 0.264 e. The fourth-order valence-electron chi connectivity index (χ4n) is 3.80. The lowest BCUT2D eigenvalue weighted by atomic mass is 9.88. The van der Waals surface area contributed by atoms with Crippen LogP contribution < -0.4 is 4.90 Å². The van der Waals surface area contributed by atoms with Gasteiger partial charge in [0.05, 0.1) is 18.7 Å². The van der Waals surface area contributed by atoms with E-state index in [2.05, 4.69) is 0 Å². The Bertz CT molecular complexity index is 1090. The standard InChI is InChI=1S/C24H20ClNO3/c1-16-5-4-6-17(13-16)15-26-21-8-3-2-7-20(21)24(29,23(26)28)14-22(27)18-9-11-19(25)12-10-18/h2-13,29H,14-15H2,1H3. The molecule has 0 spiro atoms. The Kier molecular flexibility index (Phi) is 4.99. The molecule has 1 atom stereocenters. The molecule has 1 amide bonds. The summed E-state index contributed by atoms with van der Waals surface area (Å²) in [6.45, 7) is 2.32. The number of nitrogens with zero attached hydrogens (tertiary/aromatic N) is 1. The molecule has 5 heteroatoms. The molecule has 0 radical (unpaired) electrons. The van der Waals surface area contributed by atoms with Gasteiger partial charge in [-0.05, 0) is 42.8 Å². The third-order valence-electron chi connectivity index (χ3n) is 5.25. The van der Waals surface area contributed by atoms with E-state index < -0.39 is 11.5 Å². The molecule has 1 aliphatic heterocycles. The Labute approximate surface area is 174 Å². The first kappa shape index (κ1) is 19.4. The Morgan fingerprint density at radius 3 is 2.48 bits per heavy atom. The molecule has 0 fully saturated rings. The van der Waals surface area contributed by atoms with Crippen molar-refractivity contribution >= 4 is 29.0 Å². The maximum atomic E-state index is 13.3. The summed E-state index contributed by atoms with van der Waals surface area (Å²) in [5.74, 6) is -0.799. The molecule has 1 heterocycles. The van der Waals surface area contributed by atoms with Crippen molar-refractivity contribution in [2.45, 2.75) is 25.5 Å². The van der Waals surface area contributed by atoms with Crippen molar-refractivity contribution in [2.75, 3.05) is 4.90 Å². The number of fused-ring (bicyclic) bond motifs is 1. The summed E-state index contributed by atoms with van der Waals surface area (Å²) in [5, 5.41) is 11.9. The van der Waals surface area contributed by atoms with E-state index in [9.17, 15) is 14.7 Å². The van der Waals surface area contributed by atoms with Crippen LogP contribution in [0.25, 0.3) is 0 Å². The normalized spacial score (nSPS) is 18.0. The molecular formula is C24H20ClNO3. The highest BCUT2D eigenvalue weighted by atomic mass is 35.5. The van der Waals surface area contributed by atoms with Gasteiger partial charge in [-0.2, -0.15) is 0 Å². The first-order chi connectivity index (χ1) is 13.9. The minimum absolute atomic E-state index is 0.315. The van der Waals surface area contributed by atoms with Crippen LogP contribution in [-0.4, -0.2) is 16.8 Å². The van der Waals surface area contributed by atoms with Gasteiger partial charge >= 0.3 is 0 Å². The minimum atomic E-state index is -1.89. The fraction of sp³-hybridized carbons (Fsp3) is 0.167. The van der Waals surface area contributed by atoms with E-state index in [1.54, 1.807) is 47.4 Å². The fourth-order valence-corrected chi connectivity index (χ4v) is 3.92. The molecule has 3 aromatic carbocycles. The molecule has 3 aromatic rings. The van der Waals surface area contributed by atoms with Crippen LogP contribution in [0.4, 0.5) is 5.69 Å². The molecule has 1 unspecified atom stereocenters. The van der Waals surface area contributed by atoms with Crippen molar-refractivity contribution in [3.8, 4) is 0 Å². The van der Waals surface area contributed by atoms with Crippen molar-refractivity contribution < 1.29 is 14.7 Å². The first-order valence-corrected chi connectivity index (χ1v) is 9.74. The maximum Gasteiger partial charge on any atom is 0.264 e. The number of amides is 1. The van der Waals surface area contributed by atoms with E-state index in [1.165, 1.54) is 0 Å². The number of Topliss-reactive ketones (excluding diaryl/α,β-unsaturated/α-hetero) is 1. The molecule has 29 heavy (non-hydrogen) atoms. The summed E-state index contributed by atoms with van der Waals surface area (Å²) in [6.07, 6.45) is -0.325. The van der Waals surface area contributed by atoms with Crippen LogP contribution in [0, 0.1) is 6.92 Å². The predicted molar refractivity (Wildman–Crippen MR) is 113 cm³/mol. The van der Waals surface area contributed by atoms with Crippen LogP contribution in [0.1, 0.15) is 33.5 Å². The Morgan fingerprint density at radius 1 is 1.03 bits per heavy atom. The number of aryl methyl sites for hydroxylation is 1. The van der Waals surface area contributed by atoms with E-state index in [1.807, 2.05) is 37.3 Å². The Balaban J connectivity index is 1.67.